The number of sulfonamides is 1. The zero-order valence-electron chi connectivity index (χ0n) is 10.9. The number of rotatable bonds is 5. The minimum Gasteiger partial charge on any atom is -0.399 e. The number of benzene rings is 1. The van der Waals surface area contributed by atoms with E-state index in [0.29, 0.717) is 18.2 Å². The second-order valence-electron chi connectivity index (χ2n) is 4.49. The SMILES string of the molecule is CCC(C)CN(C)S(=O)(=O)c1cc(N)ccc1Cl. The highest BCUT2D eigenvalue weighted by atomic mass is 35.5. The Kier molecular flexibility index (Phi) is 5.01. The highest BCUT2D eigenvalue weighted by Gasteiger charge is 2.24. The molecular weight excluding hydrogens is 272 g/mol. The number of halogens is 1. The van der Waals surface area contributed by atoms with E-state index in [0.717, 1.165) is 6.42 Å². The van der Waals surface area contributed by atoms with Crippen molar-refractivity contribution in [3.05, 3.63) is 23.2 Å². The van der Waals surface area contributed by atoms with Crippen LogP contribution in [-0.2, 0) is 10.0 Å². The van der Waals surface area contributed by atoms with Crippen LogP contribution in [0.2, 0.25) is 5.02 Å². The number of anilines is 1. The number of nitrogens with two attached hydrogens (primary N) is 1. The largest absolute Gasteiger partial charge is 0.399 e. The predicted molar refractivity (Wildman–Crippen MR) is 75.1 cm³/mol. The summed E-state index contributed by atoms with van der Waals surface area (Å²) in [6.45, 7) is 4.50. The Morgan fingerprint density at radius 1 is 1.44 bits per heavy atom. The molecule has 102 valence electrons. The van der Waals surface area contributed by atoms with E-state index < -0.39 is 10.0 Å². The summed E-state index contributed by atoms with van der Waals surface area (Å²) in [7, 11) is -2.02. The summed E-state index contributed by atoms with van der Waals surface area (Å²) in [5.74, 6) is 0.296. The van der Waals surface area contributed by atoms with E-state index in [9.17, 15) is 8.42 Å². The third-order valence-corrected chi connectivity index (χ3v) is 5.21. The lowest BCUT2D eigenvalue weighted by Crippen LogP contribution is -2.31. The molecule has 0 fully saturated rings. The van der Waals surface area contributed by atoms with Crippen LogP contribution in [0.4, 0.5) is 5.69 Å². The van der Waals surface area contributed by atoms with Gasteiger partial charge >= 0.3 is 0 Å². The van der Waals surface area contributed by atoms with Crippen molar-refractivity contribution in [1.82, 2.24) is 4.31 Å². The zero-order chi connectivity index (χ0) is 13.9. The van der Waals surface area contributed by atoms with Gasteiger partial charge in [-0.25, -0.2) is 12.7 Å². The van der Waals surface area contributed by atoms with Crippen molar-refractivity contribution in [2.75, 3.05) is 19.3 Å². The van der Waals surface area contributed by atoms with Crippen LogP contribution in [0.3, 0.4) is 0 Å². The third kappa shape index (κ3) is 3.37. The summed E-state index contributed by atoms with van der Waals surface area (Å²) in [5.41, 5.74) is 5.99. The van der Waals surface area contributed by atoms with Gasteiger partial charge < -0.3 is 5.73 Å². The highest BCUT2D eigenvalue weighted by molar-refractivity contribution is 7.89. The molecule has 0 saturated carbocycles. The van der Waals surface area contributed by atoms with Gasteiger partial charge in [-0.2, -0.15) is 0 Å². The van der Waals surface area contributed by atoms with E-state index in [1.54, 1.807) is 13.1 Å². The van der Waals surface area contributed by atoms with E-state index >= 15 is 0 Å². The van der Waals surface area contributed by atoms with Crippen LogP contribution in [0.25, 0.3) is 0 Å². The van der Waals surface area contributed by atoms with Gasteiger partial charge in [0.1, 0.15) is 4.90 Å². The van der Waals surface area contributed by atoms with Crippen LogP contribution in [-0.4, -0.2) is 26.3 Å². The van der Waals surface area contributed by atoms with Gasteiger partial charge in [0.25, 0.3) is 0 Å². The maximum Gasteiger partial charge on any atom is 0.244 e. The van der Waals surface area contributed by atoms with Crippen molar-refractivity contribution >= 4 is 27.3 Å². The lowest BCUT2D eigenvalue weighted by atomic mass is 10.1. The molecule has 0 aliphatic rings. The Morgan fingerprint density at radius 3 is 2.61 bits per heavy atom. The maximum atomic E-state index is 12.3. The Bertz CT molecular complexity index is 517. The van der Waals surface area contributed by atoms with Gasteiger partial charge in [-0.05, 0) is 24.1 Å². The van der Waals surface area contributed by atoms with Crippen molar-refractivity contribution < 1.29 is 8.42 Å². The van der Waals surface area contributed by atoms with Crippen LogP contribution in [0.1, 0.15) is 20.3 Å². The Morgan fingerprint density at radius 2 is 2.06 bits per heavy atom. The molecular formula is C12H19ClN2O2S. The molecule has 0 saturated heterocycles. The first-order valence-electron chi connectivity index (χ1n) is 5.80. The molecule has 1 aromatic rings. The minimum atomic E-state index is -3.58. The normalized spacial score (nSPS) is 13.8. The van der Waals surface area contributed by atoms with Crippen molar-refractivity contribution in [2.45, 2.75) is 25.2 Å². The van der Waals surface area contributed by atoms with Crippen LogP contribution in [0, 0.1) is 5.92 Å². The third-order valence-electron chi connectivity index (χ3n) is 2.91. The quantitative estimate of drug-likeness (QED) is 0.848. The molecule has 0 radical (unpaired) electrons. The van der Waals surface area contributed by atoms with Gasteiger partial charge in [0.2, 0.25) is 10.0 Å². The summed E-state index contributed by atoms with van der Waals surface area (Å²) in [6, 6.07) is 4.47. The highest BCUT2D eigenvalue weighted by Crippen LogP contribution is 2.26. The van der Waals surface area contributed by atoms with Crippen molar-refractivity contribution in [3.8, 4) is 0 Å². The molecule has 1 atom stereocenters. The predicted octanol–water partition coefficient (Wildman–Crippen LogP) is 2.59. The van der Waals surface area contributed by atoms with Crippen LogP contribution >= 0.6 is 11.6 Å². The Hall–Kier alpha value is -0.780. The summed E-state index contributed by atoms with van der Waals surface area (Å²) in [6.07, 6.45) is 0.921. The van der Waals surface area contributed by atoms with E-state index in [-0.39, 0.29) is 9.92 Å². The molecule has 1 rings (SSSR count). The molecule has 18 heavy (non-hydrogen) atoms. The number of nitrogen functional groups attached to an aromatic ring is 1. The van der Waals surface area contributed by atoms with Crippen LogP contribution < -0.4 is 5.73 Å². The first-order chi connectivity index (χ1) is 8.28. The first kappa shape index (κ1) is 15.3. The topological polar surface area (TPSA) is 63.4 Å². The zero-order valence-corrected chi connectivity index (χ0v) is 12.4. The van der Waals surface area contributed by atoms with Gasteiger partial charge in [-0.3, -0.25) is 0 Å². The Balaban J connectivity index is 3.09. The van der Waals surface area contributed by atoms with E-state index in [2.05, 4.69) is 0 Å². The smallest absolute Gasteiger partial charge is 0.244 e. The number of hydrogen-bond donors (Lipinski definition) is 1. The molecule has 0 aliphatic carbocycles. The van der Waals surface area contributed by atoms with Crippen molar-refractivity contribution in [3.63, 3.8) is 0 Å². The monoisotopic (exact) mass is 290 g/mol. The van der Waals surface area contributed by atoms with Gasteiger partial charge in [0.05, 0.1) is 5.02 Å². The molecule has 2 N–H and O–H groups in total. The average Bonchev–Trinajstić information content (AvgIpc) is 2.31. The maximum absolute atomic E-state index is 12.3. The summed E-state index contributed by atoms with van der Waals surface area (Å²) in [5, 5.41) is 0.195. The molecule has 0 aliphatic heterocycles. The van der Waals surface area contributed by atoms with Crippen LogP contribution in [0.15, 0.2) is 23.1 Å². The molecule has 0 heterocycles. The fourth-order valence-electron chi connectivity index (χ4n) is 1.55. The second-order valence-corrected chi connectivity index (χ2v) is 6.91. The fourth-order valence-corrected chi connectivity index (χ4v) is 3.35. The number of nitrogens with zero attached hydrogens (tertiary/aromatic N) is 1. The molecule has 0 spiro atoms. The summed E-state index contributed by atoms with van der Waals surface area (Å²) in [4.78, 5) is 0.0648. The Labute approximate surface area is 114 Å². The van der Waals surface area contributed by atoms with E-state index in [1.165, 1.54) is 16.4 Å². The first-order valence-corrected chi connectivity index (χ1v) is 7.62. The number of hydrogen-bond acceptors (Lipinski definition) is 3. The van der Waals surface area contributed by atoms with Gasteiger partial charge in [-0.15, -0.1) is 0 Å². The van der Waals surface area contributed by atoms with E-state index in [4.69, 9.17) is 17.3 Å². The summed E-state index contributed by atoms with van der Waals surface area (Å²) >= 11 is 5.93. The van der Waals surface area contributed by atoms with Crippen molar-refractivity contribution in [2.24, 2.45) is 5.92 Å². The molecule has 0 bridgehead atoms. The summed E-state index contributed by atoms with van der Waals surface area (Å²) < 4.78 is 26.0. The average molecular weight is 291 g/mol. The standard InChI is InChI=1S/C12H19ClN2O2S/c1-4-9(2)8-15(3)18(16,17)12-7-10(14)5-6-11(12)13/h5-7,9H,4,8,14H2,1-3H3. The lowest BCUT2D eigenvalue weighted by Gasteiger charge is -2.21. The second kappa shape index (κ2) is 5.91. The molecule has 6 heteroatoms. The van der Waals surface area contributed by atoms with Gasteiger partial charge in [0.15, 0.2) is 0 Å². The molecule has 0 amide bonds. The minimum absolute atomic E-state index is 0.0648. The fraction of sp³-hybridized carbons (Fsp3) is 0.500. The van der Waals surface area contributed by atoms with Crippen LogP contribution in [0.5, 0.6) is 0 Å². The van der Waals surface area contributed by atoms with Crippen molar-refractivity contribution in [1.29, 1.82) is 0 Å². The molecule has 0 aromatic heterocycles. The molecule has 4 nitrogen and oxygen atoms in total. The van der Waals surface area contributed by atoms with E-state index in [1.807, 2.05) is 13.8 Å². The lowest BCUT2D eigenvalue weighted by molar-refractivity contribution is 0.393. The van der Waals surface area contributed by atoms with Gasteiger partial charge in [-0.1, -0.05) is 31.9 Å². The van der Waals surface area contributed by atoms with Gasteiger partial charge in [0, 0.05) is 19.3 Å². The molecule has 1 unspecified atom stereocenters. The molecule has 1 aromatic carbocycles.